The zero-order valence-electron chi connectivity index (χ0n) is 12.1. The molecular weight excluding hydrogens is 273 g/mol. The van der Waals surface area contributed by atoms with Crippen LogP contribution in [0.4, 0.5) is 15.8 Å². The molecule has 2 bridgehead atoms. The van der Waals surface area contributed by atoms with E-state index in [9.17, 15) is 9.18 Å². The van der Waals surface area contributed by atoms with Gasteiger partial charge in [0.25, 0.3) is 0 Å². The maximum Gasteiger partial charge on any atom is 0.340 e. The molecule has 114 valence electrons. The molecule has 3 fully saturated rings. The van der Waals surface area contributed by atoms with Crippen LogP contribution in [-0.4, -0.2) is 43.7 Å². The minimum Gasteiger partial charge on any atom is -0.465 e. The van der Waals surface area contributed by atoms with Crippen LogP contribution in [0, 0.1) is 11.7 Å². The molecule has 3 aliphatic heterocycles. The van der Waals surface area contributed by atoms with Gasteiger partial charge >= 0.3 is 5.97 Å². The molecular formula is C15H20FN3O2. The molecule has 0 aliphatic carbocycles. The Kier molecular flexibility index (Phi) is 3.71. The van der Waals surface area contributed by atoms with Crippen molar-refractivity contribution in [1.29, 1.82) is 0 Å². The molecule has 1 aromatic carbocycles. The van der Waals surface area contributed by atoms with Crippen molar-refractivity contribution >= 4 is 17.3 Å². The summed E-state index contributed by atoms with van der Waals surface area (Å²) in [5.41, 5.74) is 6.30. The second-order valence-electron chi connectivity index (χ2n) is 5.80. The van der Waals surface area contributed by atoms with Gasteiger partial charge in [0.2, 0.25) is 0 Å². The zero-order chi connectivity index (χ0) is 15.0. The Balaban J connectivity index is 1.83. The van der Waals surface area contributed by atoms with Gasteiger partial charge in [0.15, 0.2) is 0 Å². The highest BCUT2D eigenvalue weighted by molar-refractivity contribution is 5.96. The number of nitrogen functional groups attached to an aromatic ring is 1. The Bertz CT molecular complexity index is 556. The van der Waals surface area contributed by atoms with Gasteiger partial charge in [0.05, 0.1) is 18.4 Å². The number of nitrogens with zero attached hydrogens (tertiary/aromatic N) is 1. The van der Waals surface area contributed by atoms with Crippen molar-refractivity contribution in [3.63, 3.8) is 0 Å². The van der Waals surface area contributed by atoms with E-state index in [2.05, 4.69) is 15.0 Å². The van der Waals surface area contributed by atoms with Crippen LogP contribution in [0.15, 0.2) is 12.1 Å². The molecule has 0 aromatic heterocycles. The molecule has 0 radical (unpaired) electrons. The van der Waals surface area contributed by atoms with Gasteiger partial charge in [-0.15, -0.1) is 0 Å². The molecule has 3 aliphatic rings. The zero-order valence-corrected chi connectivity index (χ0v) is 12.1. The molecule has 4 rings (SSSR count). The van der Waals surface area contributed by atoms with Crippen LogP contribution >= 0.6 is 0 Å². The summed E-state index contributed by atoms with van der Waals surface area (Å²) < 4.78 is 18.8. The van der Waals surface area contributed by atoms with Gasteiger partial charge in [-0.2, -0.15) is 0 Å². The summed E-state index contributed by atoms with van der Waals surface area (Å²) in [6.45, 7) is 3.17. The van der Waals surface area contributed by atoms with Crippen LogP contribution in [0.2, 0.25) is 0 Å². The lowest BCUT2D eigenvalue weighted by atomic mass is 9.84. The van der Waals surface area contributed by atoms with E-state index in [1.54, 1.807) is 0 Å². The predicted molar refractivity (Wildman–Crippen MR) is 78.7 cm³/mol. The number of esters is 1. The van der Waals surface area contributed by atoms with Crippen molar-refractivity contribution in [2.75, 3.05) is 37.8 Å². The first-order chi connectivity index (χ1) is 10.1. The minimum atomic E-state index is -0.551. The highest BCUT2D eigenvalue weighted by atomic mass is 19.1. The number of carbonyl (C=O) groups is 1. The first kappa shape index (κ1) is 14.1. The fourth-order valence-corrected chi connectivity index (χ4v) is 3.31. The van der Waals surface area contributed by atoms with Gasteiger partial charge in [-0.25, -0.2) is 9.18 Å². The van der Waals surface area contributed by atoms with E-state index in [1.807, 2.05) is 0 Å². The van der Waals surface area contributed by atoms with E-state index in [4.69, 9.17) is 5.73 Å². The number of anilines is 2. The number of carbonyl (C=O) groups excluding carboxylic acids is 1. The van der Waals surface area contributed by atoms with E-state index in [0.29, 0.717) is 11.6 Å². The van der Waals surface area contributed by atoms with Crippen LogP contribution in [0.3, 0.4) is 0 Å². The Morgan fingerprint density at radius 3 is 2.71 bits per heavy atom. The number of nitrogens with one attached hydrogen (secondary N) is 1. The van der Waals surface area contributed by atoms with E-state index < -0.39 is 11.8 Å². The van der Waals surface area contributed by atoms with Gasteiger partial charge in [-0.05, 0) is 44.0 Å². The van der Waals surface area contributed by atoms with E-state index in [1.165, 1.54) is 19.2 Å². The molecule has 1 atom stereocenters. The van der Waals surface area contributed by atoms with E-state index in [0.717, 1.165) is 32.5 Å². The van der Waals surface area contributed by atoms with Gasteiger partial charge in [0, 0.05) is 18.3 Å². The Labute approximate surface area is 123 Å². The van der Waals surface area contributed by atoms with E-state index in [-0.39, 0.29) is 17.3 Å². The summed E-state index contributed by atoms with van der Waals surface area (Å²) in [6.07, 6.45) is 2.27. The number of hydrogen-bond donors (Lipinski definition) is 2. The summed E-state index contributed by atoms with van der Waals surface area (Å²) in [5, 5.41) is 3.25. The number of fused-ring (bicyclic) bond motifs is 3. The second-order valence-corrected chi connectivity index (χ2v) is 5.80. The van der Waals surface area contributed by atoms with Gasteiger partial charge in [-0.3, -0.25) is 0 Å². The Morgan fingerprint density at radius 2 is 2.14 bits per heavy atom. The number of methoxy groups -OCH3 is 1. The molecule has 3 N–H and O–H groups in total. The number of ether oxygens (including phenoxy) is 1. The van der Waals surface area contributed by atoms with Gasteiger partial charge in [0.1, 0.15) is 5.82 Å². The third-order valence-electron chi connectivity index (χ3n) is 4.54. The number of hydrogen-bond acceptors (Lipinski definition) is 5. The Morgan fingerprint density at radius 1 is 1.43 bits per heavy atom. The van der Waals surface area contributed by atoms with Crippen LogP contribution in [0.1, 0.15) is 23.2 Å². The van der Waals surface area contributed by atoms with Gasteiger partial charge in [-0.1, -0.05) is 0 Å². The molecule has 1 aromatic rings. The van der Waals surface area contributed by atoms with Crippen molar-refractivity contribution in [1.82, 2.24) is 4.90 Å². The van der Waals surface area contributed by atoms with Crippen molar-refractivity contribution in [3.8, 4) is 0 Å². The quantitative estimate of drug-likeness (QED) is 0.656. The summed E-state index contributed by atoms with van der Waals surface area (Å²) in [6, 6.07) is 2.85. The summed E-state index contributed by atoms with van der Waals surface area (Å²) >= 11 is 0. The molecule has 0 spiro atoms. The molecule has 5 nitrogen and oxygen atoms in total. The van der Waals surface area contributed by atoms with Crippen molar-refractivity contribution in [2.45, 2.75) is 18.9 Å². The third kappa shape index (κ3) is 2.68. The highest BCUT2D eigenvalue weighted by Gasteiger charge is 2.34. The maximum atomic E-state index is 14.1. The number of nitrogens with two attached hydrogens (primary N) is 1. The number of piperidine rings is 3. The summed E-state index contributed by atoms with van der Waals surface area (Å²) in [5.74, 6) is -0.422. The first-order valence-electron chi connectivity index (χ1n) is 7.24. The van der Waals surface area contributed by atoms with Crippen molar-refractivity contribution in [3.05, 3.63) is 23.5 Å². The molecule has 3 heterocycles. The number of rotatable bonds is 3. The first-order valence-corrected chi connectivity index (χ1v) is 7.24. The molecule has 1 unspecified atom stereocenters. The largest absolute Gasteiger partial charge is 0.465 e. The monoisotopic (exact) mass is 293 g/mol. The third-order valence-corrected chi connectivity index (χ3v) is 4.54. The number of halogens is 1. The SMILES string of the molecule is COC(=O)c1cc(NC2CN3CCC2CC3)c(F)cc1N. The molecule has 3 saturated heterocycles. The minimum absolute atomic E-state index is 0.0961. The lowest BCUT2D eigenvalue weighted by molar-refractivity contribution is 0.0602. The fraction of sp³-hybridized carbons (Fsp3) is 0.533. The molecule has 6 heteroatoms. The molecule has 0 saturated carbocycles. The standard InChI is InChI=1S/C15H20FN3O2/c1-21-15(20)10-6-13(11(16)7-12(10)17)18-14-8-19-4-2-9(14)3-5-19/h6-7,9,14,18H,2-5,8,17H2,1H3. The predicted octanol–water partition coefficient (Wildman–Crippen LogP) is 1.70. The summed E-state index contributed by atoms with van der Waals surface area (Å²) in [7, 11) is 1.28. The smallest absolute Gasteiger partial charge is 0.340 e. The lowest BCUT2D eigenvalue weighted by Gasteiger charge is -2.45. The second kappa shape index (κ2) is 5.52. The average molecular weight is 293 g/mol. The van der Waals surface area contributed by atoms with Crippen LogP contribution in [0.25, 0.3) is 0 Å². The van der Waals surface area contributed by atoms with Gasteiger partial charge < -0.3 is 20.7 Å². The fourth-order valence-electron chi connectivity index (χ4n) is 3.31. The van der Waals surface area contributed by atoms with Crippen LogP contribution in [0.5, 0.6) is 0 Å². The molecule has 21 heavy (non-hydrogen) atoms. The van der Waals surface area contributed by atoms with Crippen LogP contribution in [-0.2, 0) is 4.74 Å². The van der Waals surface area contributed by atoms with E-state index >= 15 is 0 Å². The maximum absolute atomic E-state index is 14.1. The van der Waals surface area contributed by atoms with Crippen molar-refractivity contribution < 1.29 is 13.9 Å². The normalized spacial score (nSPS) is 27.4. The van der Waals surface area contributed by atoms with Crippen molar-refractivity contribution in [2.24, 2.45) is 5.92 Å². The number of benzene rings is 1. The average Bonchev–Trinajstić information content (AvgIpc) is 2.50. The summed E-state index contributed by atoms with van der Waals surface area (Å²) in [4.78, 5) is 14.0. The highest BCUT2D eigenvalue weighted by Crippen LogP contribution is 2.31. The lowest BCUT2D eigenvalue weighted by Crippen LogP contribution is -2.53. The Hall–Kier alpha value is -1.82. The molecule has 0 amide bonds. The topological polar surface area (TPSA) is 67.6 Å². The van der Waals surface area contributed by atoms with Crippen LogP contribution < -0.4 is 11.1 Å².